The van der Waals surface area contributed by atoms with Gasteiger partial charge in [-0.1, -0.05) is 35.9 Å². The molecule has 0 atom stereocenters. The molecule has 0 bridgehead atoms. The van der Waals surface area contributed by atoms with Gasteiger partial charge in [-0.2, -0.15) is 0 Å². The van der Waals surface area contributed by atoms with Crippen LogP contribution in [0.2, 0.25) is 0 Å². The fraction of sp³-hybridized carbons (Fsp3) is 0.308. The third-order valence-electron chi connectivity index (χ3n) is 2.28. The van der Waals surface area contributed by atoms with E-state index >= 15 is 0 Å². The van der Waals surface area contributed by atoms with E-state index in [1.165, 1.54) is 0 Å². The molecule has 1 aliphatic heterocycles. The van der Waals surface area contributed by atoms with Crippen molar-refractivity contribution < 1.29 is 23.6 Å². The molecule has 1 saturated heterocycles. The number of morpholine rings is 1. The van der Waals surface area contributed by atoms with Gasteiger partial charge in [0.25, 0.3) is 0 Å². The Hall–Kier alpha value is -0.833. The number of rotatable bonds is 1. The van der Waals surface area contributed by atoms with Gasteiger partial charge in [0, 0.05) is 13.1 Å². The van der Waals surface area contributed by atoms with Crippen molar-refractivity contribution in [3.05, 3.63) is 42.4 Å². The molecule has 78 valence electrons. The number of ether oxygens (including phenoxy) is 1. The van der Waals surface area contributed by atoms with Crippen LogP contribution in [0, 0.1) is 18.4 Å². The molecule has 0 amide bonds. The van der Waals surface area contributed by atoms with Gasteiger partial charge < -0.3 is 9.64 Å². The van der Waals surface area contributed by atoms with E-state index in [0.29, 0.717) is 0 Å². The minimum Gasteiger partial charge on any atom is -0.379 e. The number of hydrogen-bond donors (Lipinski definition) is 0. The maximum atomic E-state index is 5.25. The van der Waals surface area contributed by atoms with Crippen molar-refractivity contribution in [1.29, 1.82) is 0 Å². The molecule has 0 radical (unpaired) electrons. The Morgan fingerprint density at radius 2 is 1.81 bits per heavy atom. The first-order chi connectivity index (χ1) is 7.45. The molecule has 0 saturated carbocycles. The first-order valence-corrected chi connectivity index (χ1v) is 5.17. The van der Waals surface area contributed by atoms with Gasteiger partial charge in [0.15, 0.2) is 0 Å². The largest absolute Gasteiger partial charge is 1.00 e. The van der Waals surface area contributed by atoms with Gasteiger partial charge in [-0.05, 0) is 0 Å². The van der Waals surface area contributed by atoms with Crippen molar-refractivity contribution in [2.45, 2.75) is 0 Å². The van der Waals surface area contributed by atoms with E-state index in [-0.39, 0.29) is 18.9 Å². The standard InChI is InChI=1S/C13H14NO.Li/c1-2-5-13(6-3-1)7-4-8-14-9-11-15-12-10-14;/h1-3,5-6,8H,9-12H2;/q-1;+1. The van der Waals surface area contributed by atoms with E-state index in [9.17, 15) is 0 Å². The normalized spacial score (nSPS) is 15.5. The summed E-state index contributed by atoms with van der Waals surface area (Å²) in [5, 5.41) is 0. The monoisotopic (exact) mass is 207 g/mol. The van der Waals surface area contributed by atoms with Crippen LogP contribution in [-0.2, 0) is 4.74 Å². The van der Waals surface area contributed by atoms with Gasteiger partial charge in [-0.15, -0.1) is 6.54 Å². The van der Waals surface area contributed by atoms with Crippen LogP contribution in [0.5, 0.6) is 0 Å². The van der Waals surface area contributed by atoms with Gasteiger partial charge in [-0.25, -0.2) is 0 Å². The molecule has 1 heterocycles. The SMILES string of the molecule is C(#Cc1ccccc1)[CH-]N1CCOCC1.[Li+]. The topological polar surface area (TPSA) is 12.5 Å². The van der Waals surface area contributed by atoms with Crippen molar-refractivity contribution in [3.63, 3.8) is 0 Å². The second-order valence-electron chi connectivity index (χ2n) is 3.41. The third kappa shape index (κ3) is 4.35. The minimum atomic E-state index is 0. The van der Waals surface area contributed by atoms with Crippen LogP contribution in [0.1, 0.15) is 5.56 Å². The van der Waals surface area contributed by atoms with Crippen molar-refractivity contribution in [2.24, 2.45) is 0 Å². The molecule has 0 spiro atoms. The van der Waals surface area contributed by atoms with Crippen LogP contribution in [0.4, 0.5) is 0 Å². The molecule has 2 rings (SSSR count). The quantitative estimate of drug-likeness (QED) is 0.317. The van der Waals surface area contributed by atoms with Crippen molar-refractivity contribution in [3.8, 4) is 11.8 Å². The number of hydrogen-bond acceptors (Lipinski definition) is 2. The second kappa shape index (κ2) is 7.44. The molecule has 2 nitrogen and oxygen atoms in total. The molecule has 3 heteroatoms. The molecule has 0 aliphatic carbocycles. The minimum absolute atomic E-state index is 0. The van der Waals surface area contributed by atoms with Gasteiger partial charge in [-0.3, -0.25) is 11.8 Å². The second-order valence-corrected chi connectivity index (χ2v) is 3.41. The first kappa shape index (κ1) is 13.2. The zero-order valence-electron chi connectivity index (χ0n) is 9.65. The summed E-state index contributed by atoms with van der Waals surface area (Å²) >= 11 is 0. The maximum absolute atomic E-state index is 5.25. The van der Waals surface area contributed by atoms with E-state index in [4.69, 9.17) is 4.74 Å². The molecule has 0 unspecified atom stereocenters. The molecule has 0 aromatic heterocycles. The zero-order chi connectivity index (χ0) is 10.3. The molecule has 1 aromatic carbocycles. The Bertz CT molecular complexity index is 349. The van der Waals surface area contributed by atoms with Gasteiger partial charge in [0.05, 0.1) is 13.2 Å². The van der Waals surface area contributed by atoms with Crippen LogP contribution in [0.25, 0.3) is 0 Å². The average molecular weight is 207 g/mol. The fourth-order valence-electron chi connectivity index (χ4n) is 1.43. The Morgan fingerprint density at radius 1 is 1.12 bits per heavy atom. The Kier molecular flexibility index (Phi) is 6.16. The molecule has 1 aliphatic rings. The maximum Gasteiger partial charge on any atom is 1.00 e. The molecule has 1 fully saturated rings. The summed E-state index contributed by atoms with van der Waals surface area (Å²) in [6.07, 6.45) is 0. The fourth-order valence-corrected chi connectivity index (χ4v) is 1.43. The smallest absolute Gasteiger partial charge is 0.379 e. The first-order valence-electron chi connectivity index (χ1n) is 5.17. The van der Waals surface area contributed by atoms with Crippen molar-refractivity contribution in [1.82, 2.24) is 4.90 Å². The summed E-state index contributed by atoms with van der Waals surface area (Å²) in [5.41, 5.74) is 1.06. The van der Waals surface area contributed by atoms with Crippen LogP contribution >= 0.6 is 0 Å². The molecular formula is C13H14LiNO. The van der Waals surface area contributed by atoms with Gasteiger partial charge in [0.1, 0.15) is 0 Å². The van der Waals surface area contributed by atoms with Crippen molar-refractivity contribution in [2.75, 3.05) is 26.3 Å². The number of nitrogens with zero attached hydrogens (tertiary/aromatic N) is 1. The van der Waals surface area contributed by atoms with Gasteiger partial charge in [0.2, 0.25) is 0 Å². The number of benzene rings is 1. The Balaban J connectivity index is 0.00000128. The van der Waals surface area contributed by atoms with E-state index < -0.39 is 0 Å². The van der Waals surface area contributed by atoms with Crippen LogP contribution in [0.15, 0.2) is 30.3 Å². The van der Waals surface area contributed by atoms with Crippen LogP contribution in [-0.4, -0.2) is 31.2 Å². The van der Waals surface area contributed by atoms with Crippen LogP contribution < -0.4 is 18.9 Å². The van der Waals surface area contributed by atoms with E-state index in [2.05, 4.69) is 16.7 Å². The predicted octanol–water partition coefficient (Wildman–Crippen LogP) is -1.46. The average Bonchev–Trinajstić information content (AvgIpc) is 2.32. The van der Waals surface area contributed by atoms with E-state index in [1.54, 1.807) is 0 Å². The predicted molar refractivity (Wildman–Crippen MR) is 60.0 cm³/mol. The summed E-state index contributed by atoms with van der Waals surface area (Å²) in [6.45, 7) is 5.47. The summed E-state index contributed by atoms with van der Waals surface area (Å²) in [6, 6.07) is 10.0. The summed E-state index contributed by atoms with van der Waals surface area (Å²) in [4.78, 5) is 2.19. The van der Waals surface area contributed by atoms with E-state index in [0.717, 1.165) is 31.9 Å². The zero-order valence-corrected chi connectivity index (χ0v) is 9.65. The molecule has 0 N–H and O–H groups in total. The molecular weight excluding hydrogens is 193 g/mol. The summed E-state index contributed by atoms with van der Waals surface area (Å²) < 4.78 is 5.25. The Labute approximate surface area is 109 Å². The van der Waals surface area contributed by atoms with Crippen molar-refractivity contribution >= 4 is 0 Å². The summed E-state index contributed by atoms with van der Waals surface area (Å²) in [7, 11) is 0. The molecule has 16 heavy (non-hydrogen) atoms. The van der Waals surface area contributed by atoms with Gasteiger partial charge >= 0.3 is 18.9 Å². The summed E-state index contributed by atoms with van der Waals surface area (Å²) in [5.74, 6) is 6.17. The molecule has 1 aromatic rings. The van der Waals surface area contributed by atoms with E-state index in [1.807, 2.05) is 36.9 Å². The van der Waals surface area contributed by atoms with Crippen LogP contribution in [0.3, 0.4) is 0 Å². The Morgan fingerprint density at radius 3 is 2.50 bits per heavy atom. The third-order valence-corrected chi connectivity index (χ3v) is 2.28.